The van der Waals surface area contributed by atoms with Crippen molar-refractivity contribution in [2.75, 3.05) is 0 Å². The van der Waals surface area contributed by atoms with E-state index in [2.05, 4.69) is 13.8 Å². The van der Waals surface area contributed by atoms with Crippen molar-refractivity contribution < 1.29 is 5.11 Å². The van der Waals surface area contributed by atoms with Gasteiger partial charge in [-0.3, -0.25) is 0 Å². The second-order valence-electron chi connectivity index (χ2n) is 5.07. The fourth-order valence-electron chi connectivity index (χ4n) is 2.05. The fraction of sp³-hybridized carbons (Fsp3) is 0.294. The minimum absolute atomic E-state index is 0.788. The highest BCUT2D eigenvalue weighted by molar-refractivity contribution is 5.38. The molecule has 0 heterocycles. The lowest BCUT2D eigenvalue weighted by molar-refractivity contribution is 0.124. The van der Waals surface area contributed by atoms with Crippen LogP contribution in [0.1, 0.15) is 39.5 Å². The summed E-state index contributed by atoms with van der Waals surface area (Å²) in [4.78, 5) is 0. The maximum absolute atomic E-state index is 12.5. The van der Waals surface area contributed by atoms with E-state index in [1.54, 1.807) is 0 Å². The van der Waals surface area contributed by atoms with Gasteiger partial charge < -0.3 is 0 Å². The summed E-state index contributed by atoms with van der Waals surface area (Å²) in [5, 5.41) is 12.5. The minimum Gasteiger partial charge on any atom is -0.223 e. The number of hydrogen-bond acceptors (Lipinski definition) is 0. The third-order valence-corrected chi connectivity index (χ3v) is 3.67. The lowest BCUT2D eigenvalue weighted by Gasteiger charge is -2.12. The van der Waals surface area contributed by atoms with Crippen LogP contribution in [0.2, 0.25) is 0 Å². The Morgan fingerprint density at radius 1 is 0.667 bits per heavy atom. The molecule has 0 aliphatic rings. The van der Waals surface area contributed by atoms with Crippen LogP contribution >= 0.6 is 0 Å². The fourth-order valence-corrected chi connectivity index (χ4v) is 2.05. The van der Waals surface area contributed by atoms with Crippen LogP contribution in [-0.4, -0.2) is 0 Å². The molecule has 0 N–H and O–H groups in total. The molecule has 0 aliphatic heterocycles. The van der Waals surface area contributed by atoms with Gasteiger partial charge in [-0.25, -0.2) is 5.11 Å². The van der Waals surface area contributed by atoms with Gasteiger partial charge in [0.05, 0.1) is 0 Å². The second-order valence-corrected chi connectivity index (χ2v) is 5.07. The Kier molecular flexibility index (Phi) is 3.53. The third kappa shape index (κ3) is 2.46. The zero-order chi connectivity index (χ0) is 13.3. The predicted molar refractivity (Wildman–Crippen MR) is 74.4 cm³/mol. The predicted octanol–water partition coefficient (Wildman–Crippen LogP) is 4.44. The first kappa shape index (κ1) is 12.8. The zero-order valence-electron chi connectivity index (χ0n) is 11.4. The van der Waals surface area contributed by atoms with Gasteiger partial charge in [0, 0.05) is 0 Å². The van der Waals surface area contributed by atoms with E-state index in [1.807, 2.05) is 50.2 Å². The summed E-state index contributed by atoms with van der Waals surface area (Å²) in [6, 6.07) is 11.9. The first-order chi connectivity index (χ1) is 8.49. The third-order valence-electron chi connectivity index (χ3n) is 3.67. The summed E-state index contributed by atoms with van der Waals surface area (Å²) >= 11 is 0. The van der Waals surface area contributed by atoms with Crippen LogP contribution in [-0.2, 0) is 5.11 Å². The van der Waals surface area contributed by atoms with Crippen molar-refractivity contribution in [2.45, 2.75) is 33.8 Å². The maximum Gasteiger partial charge on any atom is 0.143 e. The van der Waals surface area contributed by atoms with Crippen LogP contribution in [0.5, 0.6) is 0 Å². The van der Waals surface area contributed by atoms with Gasteiger partial charge in [0.2, 0.25) is 0 Å². The standard InChI is InChI=1S/C17H19O/c1-11-5-7-15(9-13(11)3)17(18)16-8-6-12(2)14(4)10-16/h5-10,17H,1-4H3. The van der Waals surface area contributed by atoms with Crippen molar-refractivity contribution in [3.8, 4) is 0 Å². The quantitative estimate of drug-likeness (QED) is 0.738. The smallest absolute Gasteiger partial charge is 0.143 e. The van der Waals surface area contributed by atoms with E-state index in [0.717, 1.165) is 11.1 Å². The number of hydrogen-bond donors (Lipinski definition) is 0. The Morgan fingerprint density at radius 2 is 1.06 bits per heavy atom. The molecule has 2 aromatic rings. The van der Waals surface area contributed by atoms with Crippen molar-refractivity contribution in [3.63, 3.8) is 0 Å². The Balaban J connectivity index is 2.37. The number of benzene rings is 2. The van der Waals surface area contributed by atoms with Crippen molar-refractivity contribution in [3.05, 3.63) is 69.8 Å². The molecule has 0 atom stereocenters. The molecule has 0 aromatic heterocycles. The topological polar surface area (TPSA) is 19.9 Å². The minimum atomic E-state index is -0.788. The van der Waals surface area contributed by atoms with Crippen LogP contribution in [0, 0.1) is 27.7 Å². The summed E-state index contributed by atoms with van der Waals surface area (Å²) in [7, 11) is 0. The van der Waals surface area contributed by atoms with Gasteiger partial charge in [-0.05, 0) is 61.1 Å². The van der Waals surface area contributed by atoms with E-state index in [1.165, 1.54) is 22.3 Å². The van der Waals surface area contributed by atoms with Gasteiger partial charge in [-0.15, -0.1) is 0 Å². The molecule has 93 valence electrons. The van der Waals surface area contributed by atoms with Crippen LogP contribution in [0.4, 0.5) is 0 Å². The Morgan fingerprint density at radius 3 is 1.39 bits per heavy atom. The highest BCUT2D eigenvalue weighted by Crippen LogP contribution is 2.25. The number of rotatable bonds is 2. The average molecular weight is 239 g/mol. The molecule has 0 amide bonds. The summed E-state index contributed by atoms with van der Waals surface area (Å²) in [6.07, 6.45) is -0.788. The van der Waals surface area contributed by atoms with Gasteiger partial charge in [-0.1, -0.05) is 36.4 Å². The van der Waals surface area contributed by atoms with Gasteiger partial charge in [0.25, 0.3) is 0 Å². The van der Waals surface area contributed by atoms with Gasteiger partial charge >= 0.3 is 0 Å². The van der Waals surface area contributed by atoms with E-state index in [9.17, 15) is 5.11 Å². The van der Waals surface area contributed by atoms with Crippen molar-refractivity contribution in [1.29, 1.82) is 0 Å². The van der Waals surface area contributed by atoms with Crippen LogP contribution < -0.4 is 0 Å². The lowest BCUT2D eigenvalue weighted by atomic mass is 9.96. The summed E-state index contributed by atoms with van der Waals surface area (Å²) in [5.41, 5.74) is 6.51. The molecule has 0 saturated heterocycles. The van der Waals surface area contributed by atoms with Crippen molar-refractivity contribution in [1.82, 2.24) is 0 Å². The second kappa shape index (κ2) is 4.95. The molecule has 2 rings (SSSR count). The first-order valence-electron chi connectivity index (χ1n) is 6.29. The van der Waals surface area contributed by atoms with E-state index < -0.39 is 6.10 Å². The maximum atomic E-state index is 12.5. The van der Waals surface area contributed by atoms with Crippen LogP contribution in [0.3, 0.4) is 0 Å². The SMILES string of the molecule is Cc1ccc(C([O])c2ccc(C)c(C)c2)cc1C. The highest BCUT2D eigenvalue weighted by atomic mass is 16.3. The molecule has 0 unspecified atom stereocenters. The largest absolute Gasteiger partial charge is 0.223 e. The Bertz CT molecular complexity index is 518. The van der Waals surface area contributed by atoms with Crippen LogP contribution in [0.15, 0.2) is 36.4 Å². The first-order valence-corrected chi connectivity index (χ1v) is 6.29. The summed E-state index contributed by atoms with van der Waals surface area (Å²) < 4.78 is 0. The molecule has 0 spiro atoms. The molecular weight excluding hydrogens is 220 g/mol. The van der Waals surface area contributed by atoms with E-state index in [-0.39, 0.29) is 0 Å². The molecule has 0 bridgehead atoms. The van der Waals surface area contributed by atoms with Gasteiger partial charge in [0.1, 0.15) is 6.10 Å². The normalized spacial score (nSPS) is 11.0. The van der Waals surface area contributed by atoms with E-state index >= 15 is 0 Å². The molecule has 18 heavy (non-hydrogen) atoms. The molecule has 0 fully saturated rings. The van der Waals surface area contributed by atoms with Gasteiger partial charge in [-0.2, -0.15) is 0 Å². The molecule has 2 aromatic carbocycles. The lowest BCUT2D eigenvalue weighted by Crippen LogP contribution is -2.00. The average Bonchev–Trinajstić information content (AvgIpc) is 2.35. The molecule has 0 saturated carbocycles. The Hall–Kier alpha value is -1.60. The van der Waals surface area contributed by atoms with E-state index in [4.69, 9.17) is 0 Å². The molecule has 1 radical (unpaired) electrons. The molecule has 1 nitrogen and oxygen atoms in total. The van der Waals surface area contributed by atoms with E-state index in [0.29, 0.717) is 0 Å². The monoisotopic (exact) mass is 239 g/mol. The Labute approximate surface area is 109 Å². The van der Waals surface area contributed by atoms with Crippen LogP contribution in [0.25, 0.3) is 0 Å². The zero-order valence-corrected chi connectivity index (χ0v) is 11.4. The molecule has 1 heteroatoms. The van der Waals surface area contributed by atoms with Crippen molar-refractivity contribution in [2.24, 2.45) is 0 Å². The molecule has 0 aliphatic carbocycles. The molecular formula is C17H19O. The van der Waals surface area contributed by atoms with Crippen molar-refractivity contribution >= 4 is 0 Å². The summed E-state index contributed by atoms with van der Waals surface area (Å²) in [6.45, 7) is 8.22. The summed E-state index contributed by atoms with van der Waals surface area (Å²) in [5.74, 6) is 0. The number of aryl methyl sites for hydroxylation is 4. The van der Waals surface area contributed by atoms with Gasteiger partial charge in [0.15, 0.2) is 0 Å². The highest BCUT2D eigenvalue weighted by Gasteiger charge is 2.13.